The molecule has 0 aliphatic heterocycles. The summed E-state index contributed by atoms with van der Waals surface area (Å²) in [6.45, 7) is 6.64. The van der Waals surface area contributed by atoms with Crippen molar-refractivity contribution in [1.29, 1.82) is 0 Å². The molecule has 0 saturated heterocycles. The third-order valence-corrected chi connectivity index (χ3v) is 6.51. The lowest BCUT2D eigenvalue weighted by Gasteiger charge is -2.17. The Morgan fingerprint density at radius 1 is 0.727 bits per heavy atom. The van der Waals surface area contributed by atoms with Crippen LogP contribution in [0.1, 0.15) is 33.6 Å². The van der Waals surface area contributed by atoms with Crippen LogP contribution in [0.3, 0.4) is 0 Å². The molecule has 33 heavy (non-hydrogen) atoms. The molecule has 5 aromatic rings. The molecule has 0 amide bonds. The van der Waals surface area contributed by atoms with Gasteiger partial charge in [0.15, 0.2) is 6.17 Å². The highest BCUT2D eigenvalue weighted by Crippen LogP contribution is 2.37. The summed E-state index contributed by atoms with van der Waals surface area (Å²) in [7, 11) is 1.91. The van der Waals surface area contributed by atoms with Crippen molar-refractivity contribution < 1.29 is 7.31 Å². The molecule has 0 bridgehead atoms. The summed E-state index contributed by atoms with van der Waals surface area (Å²) in [6.07, 6.45) is 0.216. The summed E-state index contributed by atoms with van der Waals surface area (Å²) < 4.78 is 19.4. The minimum Gasteiger partial charge on any atom is -0.200 e. The summed E-state index contributed by atoms with van der Waals surface area (Å²) in [5, 5.41) is 1.80. The van der Waals surface area contributed by atoms with E-state index in [2.05, 4.69) is 87.5 Å². The van der Waals surface area contributed by atoms with Crippen LogP contribution in [0.5, 0.6) is 0 Å². The summed E-state index contributed by atoms with van der Waals surface area (Å²) in [6, 6.07) is 31.8. The van der Waals surface area contributed by atoms with Gasteiger partial charge in [0.25, 0.3) is 0 Å². The van der Waals surface area contributed by atoms with Gasteiger partial charge in [0, 0.05) is 6.04 Å². The van der Waals surface area contributed by atoms with Crippen LogP contribution in [-0.4, -0.2) is 0 Å². The van der Waals surface area contributed by atoms with E-state index in [0.29, 0.717) is 5.92 Å². The molecular weight excluding hydrogens is 398 g/mol. The third-order valence-electron chi connectivity index (χ3n) is 6.51. The van der Waals surface area contributed by atoms with Crippen LogP contribution in [-0.2, 0) is 7.05 Å². The van der Waals surface area contributed by atoms with E-state index in [0.717, 1.165) is 33.2 Å². The average molecular weight is 431 g/mol. The van der Waals surface area contributed by atoms with Gasteiger partial charge in [-0.3, -0.25) is 0 Å². The Bertz CT molecular complexity index is 1540. The first kappa shape index (κ1) is 18.8. The first-order valence-corrected chi connectivity index (χ1v) is 11.6. The largest absolute Gasteiger partial charge is 0.220 e. The van der Waals surface area contributed by atoms with Crippen molar-refractivity contribution in [3.63, 3.8) is 0 Å². The van der Waals surface area contributed by atoms with Crippen molar-refractivity contribution in [2.24, 2.45) is 7.05 Å². The Morgan fingerprint density at radius 3 is 2.00 bits per heavy atom. The summed E-state index contributed by atoms with van der Waals surface area (Å²) in [4.78, 5) is 0. The van der Waals surface area contributed by atoms with Crippen molar-refractivity contribution in [3.8, 4) is 33.5 Å². The lowest BCUT2D eigenvalue weighted by Crippen LogP contribution is -2.30. The van der Waals surface area contributed by atoms with Gasteiger partial charge >= 0.3 is 0 Å². The predicted molar refractivity (Wildman–Crippen MR) is 140 cm³/mol. The summed E-state index contributed by atoms with van der Waals surface area (Å²) >= 11 is 0. The first-order valence-electron chi connectivity index (χ1n) is 12.6. The molecule has 0 spiro atoms. The molecule has 1 heteroatoms. The Kier molecular flexibility index (Phi) is 4.95. The van der Waals surface area contributed by atoms with Gasteiger partial charge < -0.3 is 0 Å². The summed E-state index contributed by atoms with van der Waals surface area (Å²) in [5.74, 6) is 0.365. The third kappa shape index (κ3) is 3.96. The van der Waals surface area contributed by atoms with Crippen LogP contribution in [0.2, 0.25) is 0 Å². The Labute approximate surface area is 199 Å². The van der Waals surface area contributed by atoms with Crippen molar-refractivity contribution in [1.82, 2.24) is 0 Å². The van der Waals surface area contributed by atoms with Crippen molar-refractivity contribution >= 4 is 10.8 Å². The molecule has 5 rings (SSSR count). The zero-order valence-electron chi connectivity index (χ0n) is 21.7. The second kappa shape index (κ2) is 8.67. The predicted octanol–water partition coefficient (Wildman–Crippen LogP) is 8.10. The Hall–Kier alpha value is -3.71. The van der Waals surface area contributed by atoms with Crippen molar-refractivity contribution in [2.45, 2.75) is 26.7 Å². The Balaban J connectivity index is 1.84. The summed E-state index contributed by atoms with van der Waals surface area (Å²) in [5.41, 5.74) is 9.14. The highest BCUT2D eigenvalue weighted by atomic mass is 14.9. The van der Waals surface area contributed by atoms with Crippen LogP contribution in [0.4, 0.5) is 0 Å². The molecular formula is C32H30N+. The van der Waals surface area contributed by atoms with Gasteiger partial charge in [-0.05, 0) is 69.8 Å². The minimum absolute atomic E-state index is 0.216. The van der Waals surface area contributed by atoms with E-state index in [1.165, 1.54) is 22.3 Å². The highest BCUT2D eigenvalue weighted by molar-refractivity contribution is 5.96. The molecule has 0 aliphatic rings. The molecule has 0 N–H and O–H groups in total. The zero-order valence-corrected chi connectivity index (χ0v) is 19.7. The maximum atomic E-state index is 8.79. The van der Waals surface area contributed by atoms with E-state index in [9.17, 15) is 0 Å². The van der Waals surface area contributed by atoms with Crippen LogP contribution < -0.4 is 4.57 Å². The monoisotopic (exact) mass is 430 g/mol. The van der Waals surface area contributed by atoms with Crippen molar-refractivity contribution in [3.05, 3.63) is 114 Å². The molecule has 4 aromatic carbocycles. The van der Waals surface area contributed by atoms with E-state index in [1.54, 1.807) is 0 Å². The molecule has 0 radical (unpaired) electrons. The van der Waals surface area contributed by atoms with Crippen LogP contribution >= 0.6 is 0 Å². The van der Waals surface area contributed by atoms with Crippen LogP contribution in [0.25, 0.3) is 44.3 Å². The average Bonchev–Trinajstić information content (AvgIpc) is 2.89. The molecule has 162 valence electrons. The maximum absolute atomic E-state index is 8.79. The maximum Gasteiger partial charge on any atom is 0.220 e. The molecule has 0 atom stereocenters. The van der Waals surface area contributed by atoms with Crippen molar-refractivity contribution in [2.75, 3.05) is 0 Å². The number of rotatable bonds is 4. The van der Waals surface area contributed by atoms with Gasteiger partial charge in [0.2, 0.25) is 5.69 Å². The number of fused-ring (bicyclic) bond motifs is 1. The van der Waals surface area contributed by atoms with Gasteiger partial charge in [-0.15, -0.1) is 0 Å². The van der Waals surface area contributed by atoms with Gasteiger partial charge in [-0.25, -0.2) is 4.57 Å². The van der Waals surface area contributed by atoms with E-state index in [-0.39, 0.29) is 12.2 Å². The lowest BCUT2D eigenvalue weighted by molar-refractivity contribution is -0.659. The van der Waals surface area contributed by atoms with E-state index in [1.807, 2.05) is 35.9 Å². The second-order valence-electron chi connectivity index (χ2n) is 9.03. The standard InChI is InChI=1S/C32H30N/c1-22(2)30-20-28(25-13-9-6-10-14-25)21-31(23(30)3)32-29-16-15-26(24-11-7-5-8-12-24)19-27(29)17-18-33(32)4/h5-22H,1-4H3/q+1/i17D,18D. The number of hydrogen-bond donors (Lipinski definition) is 0. The fraction of sp³-hybridized carbons (Fsp3) is 0.156. The molecule has 0 fully saturated rings. The molecule has 1 nitrogen and oxygen atoms in total. The normalized spacial score (nSPS) is 12.2. The minimum atomic E-state index is 0.216. The van der Waals surface area contributed by atoms with Gasteiger partial charge in [0.1, 0.15) is 8.42 Å². The Morgan fingerprint density at radius 2 is 1.36 bits per heavy atom. The number of pyridine rings is 1. The van der Waals surface area contributed by atoms with Gasteiger partial charge in [-0.1, -0.05) is 86.6 Å². The first-order chi connectivity index (χ1) is 16.9. The van der Waals surface area contributed by atoms with E-state index < -0.39 is 0 Å². The highest BCUT2D eigenvalue weighted by Gasteiger charge is 2.21. The quantitative estimate of drug-likeness (QED) is 0.254. The van der Waals surface area contributed by atoms with Crippen LogP contribution in [0, 0.1) is 6.92 Å². The smallest absolute Gasteiger partial charge is 0.200 e. The molecule has 0 saturated carbocycles. The zero-order chi connectivity index (χ0) is 24.7. The fourth-order valence-electron chi connectivity index (χ4n) is 4.75. The SMILES string of the molecule is [2H]c1c([2H])[n+](C)c(-c2cc(-c3ccccc3)cc(C(C)C)c2C)c2ccc(-c3ccccc3)cc12. The molecule has 1 heterocycles. The number of hydrogen-bond acceptors (Lipinski definition) is 0. The second-order valence-corrected chi connectivity index (χ2v) is 9.03. The molecule has 0 unspecified atom stereocenters. The lowest BCUT2D eigenvalue weighted by atomic mass is 9.87. The molecule has 0 aliphatic carbocycles. The van der Waals surface area contributed by atoms with E-state index >= 15 is 0 Å². The number of aromatic nitrogens is 1. The van der Waals surface area contributed by atoms with Gasteiger partial charge in [-0.2, -0.15) is 0 Å². The van der Waals surface area contributed by atoms with E-state index in [4.69, 9.17) is 2.74 Å². The number of benzene rings is 4. The van der Waals surface area contributed by atoms with Crippen LogP contribution in [0.15, 0.2) is 103 Å². The topological polar surface area (TPSA) is 3.88 Å². The molecule has 1 aromatic heterocycles. The fourth-order valence-corrected chi connectivity index (χ4v) is 4.75. The number of nitrogens with zero attached hydrogens (tertiary/aromatic N) is 1. The van der Waals surface area contributed by atoms with Gasteiger partial charge in [0.05, 0.1) is 12.3 Å².